The fourth-order valence-corrected chi connectivity index (χ4v) is 2.44. The van der Waals surface area contributed by atoms with Gasteiger partial charge in [-0.05, 0) is 48.9 Å². The summed E-state index contributed by atoms with van der Waals surface area (Å²) in [6.07, 6.45) is 2.38. The number of nitrogens with one attached hydrogen (secondary N) is 1. The summed E-state index contributed by atoms with van der Waals surface area (Å²) in [5.74, 6) is 2.39. The first-order chi connectivity index (χ1) is 9.01. The van der Waals surface area contributed by atoms with E-state index in [0.29, 0.717) is 12.0 Å². The highest BCUT2D eigenvalue weighted by molar-refractivity contribution is 5.28. The second kappa shape index (κ2) is 8.21. The van der Waals surface area contributed by atoms with Crippen molar-refractivity contribution in [3.8, 4) is 5.75 Å². The Labute approximate surface area is 118 Å². The van der Waals surface area contributed by atoms with E-state index in [-0.39, 0.29) is 0 Å². The molecule has 0 fully saturated rings. The van der Waals surface area contributed by atoms with Crippen LogP contribution in [0.1, 0.15) is 39.7 Å². The highest BCUT2D eigenvalue weighted by atomic mass is 16.5. The molecule has 0 aliphatic rings. The molecule has 2 nitrogen and oxygen atoms in total. The van der Waals surface area contributed by atoms with E-state index in [0.717, 1.165) is 24.6 Å². The van der Waals surface area contributed by atoms with E-state index in [1.54, 1.807) is 7.11 Å². The third kappa shape index (κ3) is 6.63. The summed E-state index contributed by atoms with van der Waals surface area (Å²) in [4.78, 5) is 0. The molecule has 0 aliphatic heterocycles. The number of benzene rings is 1. The molecule has 1 N–H and O–H groups in total. The van der Waals surface area contributed by atoms with E-state index >= 15 is 0 Å². The molecule has 1 aromatic carbocycles. The van der Waals surface area contributed by atoms with Crippen LogP contribution < -0.4 is 10.1 Å². The number of hydrogen-bond donors (Lipinski definition) is 1. The number of methoxy groups -OCH3 is 1. The van der Waals surface area contributed by atoms with Crippen LogP contribution in [0.4, 0.5) is 0 Å². The molecule has 108 valence electrons. The van der Waals surface area contributed by atoms with E-state index in [2.05, 4.69) is 51.2 Å². The molecule has 0 radical (unpaired) electrons. The SMILES string of the molecule is COc1cccc(CC(CNC(C)C)CC(C)C)c1. The standard InChI is InChI=1S/C17H29NO/c1-13(2)9-16(12-18-14(3)4)10-15-7-6-8-17(11-15)19-5/h6-8,11,13-14,16,18H,9-10,12H2,1-5H3. The van der Waals surface area contributed by atoms with Gasteiger partial charge in [-0.3, -0.25) is 0 Å². The average molecular weight is 263 g/mol. The van der Waals surface area contributed by atoms with Crippen LogP contribution in [0.3, 0.4) is 0 Å². The second-order valence-electron chi connectivity index (χ2n) is 6.11. The largest absolute Gasteiger partial charge is 0.497 e. The molecule has 2 heteroatoms. The maximum absolute atomic E-state index is 5.30. The average Bonchev–Trinajstić information content (AvgIpc) is 2.35. The molecule has 1 rings (SSSR count). The summed E-state index contributed by atoms with van der Waals surface area (Å²) in [6, 6.07) is 9.00. The van der Waals surface area contributed by atoms with Gasteiger partial charge in [-0.1, -0.05) is 39.8 Å². The Morgan fingerprint density at radius 3 is 2.47 bits per heavy atom. The van der Waals surface area contributed by atoms with Crippen molar-refractivity contribution in [1.82, 2.24) is 5.32 Å². The van der Waals surface area contributed by atoms with Gasteiger partial charge in [0.1, 0.15) is 5.75 Å². The van der Waals surface area contributed by atoms with E-state index < -0.39 is 0 Å². The predicted molar refractivity (Wildman–Crippen MR) is 82.8 cm³/mol. The Morgan fingerprint density at radius 1 is 1.16 bits per heavy atom. The summed E-state index contributed by atoms with van der Waals surface area (Å²) in [6.45, 7) is 10.1. The molecular formula is C17H29NO. The summed E-state index contributed by atoms with van der Waals surface area (Å²) in [5, 5.41) is 3.57. The highest BCUT2D eigenvalue weighted by Crippen LogP contribution is 2.20. The minimum Gasteiger partial charge on any atom is -0.497 e. The monoisotopic (exact) mass is 263 g/mol. The fraction of sp³-hybridized carbons (Fsp3) is 0.647. The molecule has 1 aromatic rings. The Balaban J connectivity index is 2.63. The van der Waals surface area contributed by atoms with Crippen molar-refractivity contribution in [3.63, 3.8) is 0 Å². The van der Waals surface area contributed by atoms with Gasteiger partial charge in [0.25, 0.3) is 0 Å². The second-order valence-corrected chi connectivity index (χ2v) is 6.11. The zero-order valence-corrected chi connectivity index (χ0v) is 13.1. The van der Waals surface area contributed by atoms with Crippen molar-refractivity contribution in [2.24, 2.45) is 11.8 Å². The van der Waals surface area contributed by atoms with E-state index in [1.807, 2.05) is 6.07 Å². The molecule has 1 unspecified atom stereocenters. The lowest BCUT2D eigenvalue weighted by atomic mass is 9.90. The maximum atomic E-state index is 5.30. The third-order valence-electron chi connectivity index (χ3n) is 3.28. The minimum absolute atomic E-state index is 0.556. The van der Waals surface area contributed by atoms with Crippen molar-refractivity contribution < 1.29 is 4.74 Å². The molecule has 0 saturated heterocycles. The Hall–Kier alpha value is -1.02. The van der Waals surface area contributed by atoms with Gasteiger partial charge in [-0.25, -0.2) is 0 Å². The van der Waals surface area contributed by atoms with Gasteiger partial charge in [0, 0.05) is 6.04 Å². The highest BCUT2D eigenvalue weighted by Gasteiger charge is 2.12. The van der Waals surface area contributed by atoms with Crippen molar-refractivity contribution in [1.29, 1.82) is 0 Å². The van der Waals surface area contributed by atoms with Crippen LogP contribution in [0, 0.1) is 11.8 Å². The van der Waals surface area contributed by atoms with Crippen molar-refractivity contribution in [2.75, 3.05) is 13.7 Å². The van der Waals surface area contributed by atoms with Crippen LogP contribution >= 0.6 is 0 Å². The van der Waals surface area contributed by atoms with Crippen LogP contribution in [-0.4, -0.2) is 19.7 Å². The Bertz CT molecular complexity index is 360. The smallest absolute Gasteiger partial charge is 0.119 e. The first-order valence-corrected chi connectivity index (χ1v) is 7.37. The van der Waals surface area contributed by atoms with Crippen molar-refractivity contribution >= 4 is 0 Å². The van der Waals surface area contributed by atoms with Gasteiger partial charge in [0.05, 0.1) is 7.11 Å². The normalized spacial score (nSPS) is 13.0. The van der Waals surface area contributed by atoms with Crippen molar-refractivity contribution in [2.45, 2.75) is 46.6 Å². The molecule has 1 atom stereocenters. The molecule has 19 heavy (non-hydrogen) atoms. The maximum Gasteiger partial charge on any atom is 0.119 e. The van der Waals surface area contributed by atoms with Crippen molar-refractivity contribution in [3.05, 3.63) is 29.8 Å². The zero-order valence-electron chi connectivity index (χ0n) is 13.1. The van der Waals surface area contributed by atoms with Gasteiger partial charge in [0.2, 0.25) is 0 Å². The number of ether oxygens (including phenoxy) is 1. The summed E-state index contributed by atoms with van der Waals surface area (Å²) >= 11 is 0. The third-order valence-corrected chi connectivity index (χ3v) is 3.28. The minimum atomic E-state index is 0.556. The summed E-state index contributed by atoms with van der Waals surface area (Å²) in [7, 11) is 1.73. The predicted octanol–water partition coefficient (Wildman–Crippen LogP) is 3.90. The number of rotatable bonds is 8. The van der Waals surface area contributed by atoms with Crippen LogP contribution in [0.5, 0.6) is 5.75 Å². The van der Waals surface area contributed by atoms with E-state index in [9.17, 15) is 0 Å². The van der Waals surface area contributed by atoms with Gasteiger partial charge in [0.15, 0.2) is 0 Å². The van der Waals surface area contributed by atoms with E-state index in [1.165, 1.54) is 12.0 Å². The van der Waals surface area contributed by atoms with E-state index in [4.69, 9.17) is 4.74 Å². The lowest BCUT2D eigenvalue weighted by Gasteiger charge is -2.21. The molecule has 0 amide bonds. The molecule has 0 heterocycles. The first kappa shape index (κ1) is 16.0. The lowest BCUT2D eigenvalue weighted by molar-refractivity contribution is 0.372. The van der Waals surface area contributed by atoms with Gasteiger partial charge < -0.3 is 10.1 Å². The van der Waals surface area contributed by atoms with Crippen LogP contribution in [0.15, 0.2) is 24.3 Å². The fourth-order valence-electron chi connectivity index (χ4n) is 2.44. The lowest BCUT2D eigenvalue weighted by Crippen LogP contribution is -2.30. The zero-order chi connectivity index (χ0) is 14.3. The molecule has 0 aliphatic carbocycles. The van der Waals surface area contributed by atoms with Crippen LogP contribution in [0.2, 0.25) is 0 Å². The topological polar surface area (TPSA) is 21.3 Å². The quantitative estimate of drug-likeness (QED) is 0.768. The molecule has 0 bridgehead atoms. The summed E-state index contributed by atoms with van der Waals surface area (Å²) < 4.78 is 5.30. The van der Waals surface area contributed by atoms with Crippen LogP contribution in [0.25, 0.3) is 0 Å². The van der Waals surface area contributed by atoms with Gasteiger partial charge >= 0.3 is 0 Å². The Morgan fingerprint density at radius 2 is 1.89 bits per heavy atom. The Kier molecular flexibility index (Phi) is 6.93. The van der Waals surface area contributed by atoms with Gasteiger partial charge in [-0.2, -0.15) is 0 Å². The van der Waals surface area contributed by atoms with Gasteiger partial charge in [-0.15, -0.1) is 0 Å². The number of hydrogen-bond acceptors (Lipinski definition) is 2. The molecule has 0 spiro atoms. The summed E-state index contributed by atoms with van der Waals surface area (Å²) in [5.41, 5.74) is 1.37. The molecule has 0 aromatic heterocycles. The molecular weight excluding hydrogens is 234 g/mol. The molecule has 0 saturated carbocycles. The van der Waals surface area contributed by atoms with Crippen LogP contribution in [-0.2, 0) is 6.42 Å². The first-order valence-electron chi connectivity index (χ1n) is 7.37.